The molecule has 6 heteroatoms. The van der Waals surface area contributed by atoms with Crippen molar-refractivity contribution >= 4 is 22.1 Å². The fourth-order valence-corrected chi connectivity index (χ4v) is 2.52. The fourth-order valence-electron chi connectivity index (χ4n) is 2.52. The van der Waals surface area contributed by atoms with Gasteiger partial charge in [0.25, 0.3) is 5.56 Å². The number of nitrogens with one attached hydrogen (secondary N) is 2. The Morgan fingerprint density at radius 3 is 2.58 bits per heavy atom. The molecule has 4 rings (SSSR count). The molecular formula is C18H13N5O. The summed E-state index contributed by atoms with van der Waals surface area (Å²) >= 11 is 0. The molecular weight excluding hydrogens is 302 g/mol. The van der Waals surface area contributed by atoms with Crippen LogP contribution in [-0.4, -0.2) is 15.2 Å². The molecule has 6 nitrogen and oxygen atoms in total. The molecule has 0 aliphatic carbocycles. The fraction of sp³-hybridized carbons (Fsp3) is 0. The Bertz CT molecular complexity index is 1080. The van der Waals surface area contributed by atoms with E-state index in [4.69, 9.17) is 0 Å². The van der Waals surface area contributed by atoms with Crippen LogP contribution in [0.4, 0.5) is 11.4 Å². The first-order chi connectivity index (χ1) is 11.8. The lowest BCUT2D eigenvalue weighted by Crippen LogP contribution is -1.96. The maximum Gasteiger partial charge on any atom is 0.292 e. The van der Waals surface area contributed by atoms with E-state index in [9.17, 15) is 4.79 Å². The van der Waals surface area contributed by atoms with Crippen LogP contribution in [0.3, 0.4) is 0 Å². The Hall–Kier alpha value is -3.54. The van der Waals surface area contributed by atoms with Gasteiger partial charge in [0.1, 0.15) is 5.69 Å². The molecule has 0 radical (unpaired) electrons. The second-order valence-electron chi connectivity index (χ2n) is 5.28. The third kappa shape index (κ3) is 2.61. The van der Waals surface area contributed by atoms with Crippen LogP contribution < -0.4 is 5.56 Å². The van der Waals surface area contributed by atoms with Crippen molar-refractivity contribution in [2.24, 2.45) is 10.2 Å². The number of rotatable bonds is 3. The molecule has 0 saturated carbocycles. The molecule has 116 valence electrons. The molecule has 2 N–H and O–H groups in total. The van der Waals surface area contributed by atoms with Crippen LogP contribution in [0.2, 0.25) is 0 Å². The van der Waals surface area contributed by atoms with Crippen LogP contribution in [-0.2, 0) is 0 Å². The molecule has 2 aromatic carbocycles. The highest BCUT2D eigenvalue weighted by Crippen LogP contribution is 2.29. The van der Waals surface area contributed by atoms with Gasteiger partial charge in [0.2, 0.25) is 0 Å². The van der Waals surface area contributed by atoms with Crippen molar-refractivity contribution < 1.29 is 0 Å². The van der Waals surface area contributed by atoms with E-state index in [0.717, 1.165) is 16.3 Å². The molecule has 0 fully saturated rings. The minimum Gasteiger partial charge on any atom is -0.295 e. The third-order valence-electron chi connectivity index (χ3n) is 3.70. The molecule has 2 heterocycles. The van der Waals surface area contributed by atoms with Gasteiger partial charge in [-0.1, -0.05) is 36.4 Å². The lowest BCUT2D eigenvalue weighted by Gasteiger charge is -2.02. The normalized spacial score (nSPS) is 11.3. The Balaban J connectivity index is 1.78. The van der Waals surface area contributed by atoms with E-state index in [1.807, 2.05) is 42.5 Å². The Kier molecular flexibility index (Phi) is 3.47. The number of fused-ring (bicyclic) bond motifs is 1. The van der Waals surface area contributed by atoms with E-state index in [-0.39, 0.29) is 11.2 Å². The van der Waals surface area contributed by atoms with Gasteiger partial charge in [-0.05, 0) is 29.0 Å². The van der Waals surface area contributed by atoms with Crippen molar-refractivity contribution in [1.29, 1.82) is 0 Å². The van der Waals surface area contributed by atoms with Gasteiger partial charge in [0, 0.05) is 11.8 Å². The first kappa shape index (κ1) is 14.1. The molecule has 0 atom stereocenters. The summed E-state index contributed by atoms with van der Waals surface area (Å²) in [5.41, 5.74) is 1.99. The van der Waals surface area contributed by atoms with Gasteiger partial charge in [-0.15, -0.1) is 10.2 Å². The zero-order valence-electron chi connectivity index (χ0n) is 12.6. The maximum atomic E-state index is 12.0. The zero-order chi connectivity index (χ0) is 16.4. The lowest BCUT2D eigenvalue weighted by molar-refractivity contribution is 1.06. The predicted molar refractivity (Wildman–Crippen MR) is 92.8 cm³/mol. The van der Waals surface area contributed by atoms with Crippen molar-refractivity contribution in [2.45, 2.75) is 0 Å². The summed E-state index contributed by atoms with van der Waals surface area (Å²) in [6.07, 6.45) is 3.24. The molecule has 0 aliphatic heterocycles. The first-order valence-corrected chi connectivity index (χ1v) is 7.43. The first-order valence-electron chi connectivity index (χ1n) is 7.43. The summed E-state index contributed by atoms with van der Waals surface area (Å²) in [4.78, 5) is 16.0. The van der Waals surface area contributed by atoms with E-state index >= 15 is 0 Å². The second-order valence-corrected chi connectivity index (χ2v) is 5.28. The van der Waals surface area contributed by atoms with E-state index in [1.54, 1.807) is 24.5 Å². The summed E-state index contributed by atoms with van der Waals surface area (Å²) in [6.45, 7) is 0. The van der Waals surface area contributed by atoms with Gasteiger partial charge < -0.3 is 0 Å². The molecule has 4 aromatic rings. The van der Waals surface area contributed by atoms with E-state index in [2.05, 4.69) is 25.4 Å². The number of aromatic nitrogens is 3. The number of aromatic amines is 2. The lowest BCUT2D eigenvalue weighted by atomic mass is 10.0. The highest BCUT2D eigenvalue weighted by Gasteiger charge is 2.12. The van der Waals surface area contributed by atoms with Crippen molar-refractivity contribution in [3.63, 3.8) is 0 Å². The molecule has 0 saturated heterocycles. The van der Waals surface area contributed by atoms with E-state index in [0.29, 0.717) is 11.4 Å². The Morgan fingerprint density at radius 2 is 1.75 bits per heavy atom. The van der Waals surface area contributed by atoms with Crippen molar-refractivity contribution in [1.82, 2.24) is 15.2 Å². The molecule has 24 heavy (non-hydrogen) atoms. The molecule has 2 aromatic heterocycles. The number of nitrogens with zero attached hydrogens (tertiary/aromatic N) is 3. The maximum absolute atomic E-state index is 12.0. The van der Waals surface area contributed by atoms with Gasteiger partial charge >= 0.3 is 0 Å². The van der Waals surface area contributed by atoms with Crippen LogP contribution in [0.15, 0.2) is 82.0 Å². The zero-order valence-corrected chi connectivity index (χ0v) is 12.6. The van der Waals surface area contributed by atoms with Gasteiger partial charge in [-0.25, -0.2) is 0 Å². The number of azo groups is 1. The van der Waals surface area contributed by atoms with E-state index < -0.39 is 0 Å². The largest absolute Gasteiger partial charge is 0.295 e. The number of pyridine rings is 1. The van der Waals surface area contributed by atoms with Crippen molar-refractivity contribution in [3.8, 4) is 11.3 Å². The smallest absolute Gasteiger partial charge is 0.292 e. The quantitative estimate of drug-likeness (QED) is 0.551. The predicted octanol–water partition coefficient (Wildman–Crippen LogP) is 4.33. The van der Waals surface area contributed by atoms with Crippen LogP contribution >= 0.6 is 0 Å². The molecule has 0 bridgehead atoms. The minimum atomic E-state index is -0.314. The Labute approximate surface area is 136 Å². The van der Waals surface area contributed by atoms with Crippen molar-refractivity contribution in [2.75, 3.05) is 0 Å². The average Bonchev–Trinajstić information content (AvgIpc) is 3.01. The second kappa shape index (κ2) is 5.92. The highest BCUT2D eigenvalue weighted by molar-refractivity contribution is 5.88. The molecule has 0 unspecified atom stereocenters. The van der Waals surface area contributed by atoms with Crippen LogP contribution in [0.25, 0.3) is 22.0 Å². The van der Waals surface area contributed by atoms with Crippen LogP contribution in [0.5, 0.6) is 0 Å². The summed E-state index contributed by atoms with van der Waals surface area (Å²) in [6, 6.07) is 17.6. The standard InChI is InChI=1S/C18H13N5O/c24-18-17(22-20-15-6-3-9-19-11-15)16(21-23-18)14-8-7-12-4-1-2-5-13(12)10-14/h1-11H,(H2,21,23,24). The number of hydrogen-bond acceptors (Lipinski definition) is 4. The van der Waals surface area contributed by atoms with Gasteiger partial charge in [-0.2, -0.15) is 0 Å². The van der Waals surface area contributed by atoms with Crippen molar-refractivity contribution in [3.05, 3.63) is 77.3 Å². The topological polar surface area (TPSA) is 86.3 Å². The van der Waals surface area contributed by atoms with Gasteiger partial charge in [0.05, 0.1) is 11.9 Å². The van der Waals surface area contributed by atoms with E-state index in [1.165, 1.54) is 0 Å². The Morgan fingerprint density at radius 1 is 0.875 bits per heavy atom. The average molecular weight is 315 g/mol. The summed E-state index contributed by atoms with van der Waals surface area (Å²) in [5.74, 6) is 0. The summed E-state index contributed by atoms with van der Waals surface area (Å²) in [7, 11) is 0. The minimum absolute atomic E-state index is 0.245. The number of hydrogen-bond donors (Lipinski definition) is 2. The molecule has 0 spiro atoms. The van der Waals surface area contributed by atoms with Gasteiger partial charge in [0.15, 0.2) is 5.69 Å². The third-order valence-corrected chi connectivity index (χ3v) is 3.70. The van der Waals surface area contributed by atoms with Crippen LogP contribution in [0, 0.1) is 0 Å². The summed E-state index contributed by atoms with van der Waals surface area (Å²) < 4.78 is 0. The van der Waals surface area contributed by atoms with Gasteiger partial charge in [-0.3, -0.25) is 20.0 Å². The number of benzene rings is 2. The number of H-pyrrole nitrogens is 2. The monoisotopic (exact) mass is 315 g/mol. The molecule has 0 aliphatic rings. The molecule has 0 amide bonds. The van der Waals surface area contributed by atoms with Crippen LogP contribution in [0.1, 0.15) is 0 Å². The summed E-state index contributed by atoms with van der Waals surface area (Å²) in [5, 5.41) is 15.9. The highest BCUT2D eigenvalue weighted by atomic mass is 16.1. The SMILES string of the molecule is O=c1[nH][nH]c(-c2ccc3ccccc3c2)c1N=Nc1cccnc1.